The van der Waals surface area contributed by atoms with Crippen LogP contribution in [-0.2, 0) is 27.8 Å². The Morgan fingerprint density at radius 2 is 2.19 bits per heavy atom. The second-order valence-corrected chi connectivity index (χ2v) is 10.1. The van der Waals surface area contributed by atoms with Crippen LogP contribution in [0, 0.1) is 10.8 Å². The largest absolute Gasteiger partial charge is 0.412 e. The molecule has 1 amide bonds. The topological polar surface area (TPSA) is 88.7 Å². The Kier molecular flexibility index (Phi) is 5.83. The summed E-state index contributed by atoms with van der Waals surface area (Å²) in [7, 11) is -2.96. The Balaban J connectivity index is 1.72. The molecule has 0 aliphatic carbocycles. The number of likely N-dealkylation sites (tertiary alicyclic amines) is 1. The Bertz CT molecular complexity index is 814. The van der Waals surface area contributed by atoms with Crippen molar-refractivity contribution in [1.82, 2.24) is 19.6 Å². The SMILES string of the molecule is CC(C)CN(Cn1nc(CN2CCCC2=O)oc1=S)[C@H]1CCS(=O)(=O)C1. The number of hydrogen-bond acceptors (Lipinski definition) is 7. The van der Waals surface area contributed by atoms with Crippen molar-refractivity contribution in [3.63, 3.8) is 0 Å². The third kappa shape index (κ3) is 4.72. The van der Waals surface area contributed by atoms with E-state index in [1.54, 1.807) is 9.58 Å². The van der Waals surface area contributed by atoms with Gasteiger partial charge in [-0.25, -0.2) is 13.1 Å². The summed E-state index contributed by atoms with van der Waals surface area (Å²) >= 11 is 5.28. The van der Waals surface area contributed by atoms with Gasteiger partial charge in [-0.2, -0.15) is 0 Å². The number of sulfone groups is 1. The molecule has 3 heterocycles. The summed E-state index contributed by atoms with van der Waals surface area (Å²) in [6, 6.07) is -0.0235. The van der Waals surface area contributed by atoms with Gasteiger partial charge < -0.3 is 9.32 Å². The quantitative estimate of drug-likeness (QED) is 0.638. The summed E-state index contributed by atoms with van der Waals surface area (Å²) in [5.41, 5.74) is 0. The van der Waals surface area contributed by atoms with Gasteiger partial charge in [-0.1, -0.05) is 13.8 Å². The van der Waals surface area contributed by atoms with Crippen LogP contribution >= 0.6 is 12.2 Å². The molecule has 2 aliphatic heterocycles. The van der Waals surface area contributed by atoms with Crippen molar-refractivity contribution < 1.29 is 17.6 Å². The van der Waals surface area contributed by atoms with Gasteiger partial charge >= 0.3 is 0 Å². The number of carbonyl (C=O) groups excluding carboxylic acids is 1. The minimum Gasteiger partial charge on any atom is -0.412 e. The molecule has 1 atom stereocenters. The first kappa shape index (κ1) is 19.5. The maximum Gasteiger partial charge on any atom is 0.288 e. The van der Waals surface area contributed by atoms with E-state index >= 15 is 0 Å². The molecular formula is C16H26N4O4S2. The standard InChI is InChI=1S/C16H26N4O4S2/c1-12(2)8-19(13-5-7-26(22,23)10-13)11-20-16(25)24-14(17-20)9-18-6-3-4-15(18)21/h12-13H,3-11H2,1-2H3/t13-/m0/s1. The summed E-state index contributed by atoms with van der Waals surface area (Å²) in [5, 5.41) is 4.42. The molecular weight excluding hydrogens is 376 g/mol. The van der Waals surface area contributed by atoms with Crippen LogP contribution in [0.15, 0.2) is 4.42 Å². The Labute approximate surface area is 159 Å². The van der Waals surface area contributed by atoms with Crippen LogP contribution in [0.5, 0.6) is 0 Å². The van der Waals surface area contributed by atoms with Crippen molar-refractivity contribution in [2.45, 2.75) is 52.4 Å². The smallest absolute Gasteiger partial charge is 0.288 e. The van der Waals surface area contributed by atoms with Crippen LogP contribution in [0.2, 0.25) is 0 Å². The lowest BCUT2D eigenvalue weighted by atomic mass is 10.1. The van der Waals surface area contributed by atoms with Crippen molar-refractivity contribution in [2.24, 2.45) is 5.92 Å². The summed E-state index contributed by atoms with van der Waals surface area (Å²) in [5.74, 6) is 1.34. The van der Waals surface area contributed by atoms with Gasteiger partial charge in [0.15, 0.2) is 9.84 Å². The van der Waals surface area contributed by atoms with Gasteiger partial charge in [0.05, 0.1) is 24.7 Å². The summed E-state index contributed by atoms with van der Waals surface area (Å²) < 4.78 is 30.9. The first-order valence-electron chi connectivity index (χ1n) is 9.02. The minimum atomic E-state index is -2.96. The summed E-state index contributed by atoms with van der Waals surface area (Å²) in [4.78, 5) is 15.9. The summed E-state index contributed by atoms with van der Waals surface area (Å²) in [6.07, 6.45) is 2.06. The van der Waals surface area contributed by atoms with E-state index in [1.165, 1.54) is 0 Å². The van der Waals surface area contributed by atoms with Gasteiger partial charge in [0.1, 0.15) is 0 Å². The second kappa shape index (κ2) is 7.77. The normalized spacial score (nSPS) is 22.8. The van der Waals surface area contributed by atoms with Crippen molar-refractivity contribution >= 4 is 28.0 Å². The molecule has 0 radical (unpaired) electrons. The zero-order chi connectivity index (χ0) is 18.9. The number of rotatable bonds is 7. The van der Waals surface area contributed by atoms with Gasteiger partial charge in [0.25, 0.3) is 4.84 Å². The molecule has 2 aliphatic rings. The average molecular weight is 403 g/mol. The molecule has 26 heavy (non-hydrogen) atoms. The average Bonchev–Trinajstić information content (AvgIpc) is 3.20. The fourth-order valence-electron chi connectivity index (χ4n) is 3.56. The molecule has 2 fully saturated rings. The predicted octanol–water partition coefficient (Wildman–Crippen LogP) is 1.43. The molecule has 3 rings (SSSR count). The van der Waals surface area contributed by atoms with Crippen molar-refractivity contribution in [3.05, 3.63) is 10.7 Å². The third-order valence-corrected chi connectivity index (χ3v) is 6.83. The monoisotopic (exact) mass is 402 g/mol. The highest BCUT2D eigenvalue weighted by Crippen LogP contribution is 2.20. The van der Waals surface area contributed by atoms with E-state index in [0.29, 0.717) is 44.4 Å². The van der Waals surface area contributed by atoms with E-state index < -0.39 is 9.84 Å². The first-order chi connectivity index (χ1) is 12.2. The molecule has 10 heteroatoms. The Morgan fingerprint density at radius 1 is 1.42 bits per heavy atom. The molecule has 0 N–H and O–H groups in total. The lowest BCUT2D eigenvalue weighted by Gasteiger charge is -2.29. The van der Waals surface area contributed by atoms with E-state index in [0.717, 1.165) is 13.0 Å². The molecule has 0 unspecified atom stereocenters. The molecule has 1 aromatic heterocycles. The van der Waals surface area contributed by atoms with Crippen LogP contribution in [0.4, 0.5) is 0 Å². The predicted molar refractivity (Wildman–Crippen MR) is 98.6 cm³/mol. The highest BCUT2D eigenvalue weighted by Gasteiger charge is 2.33. The molecule has 8 nitrogen and oxygen atoms in total. The maximum absolute atomic E-state index is 11.9. The second-order valence-electron chi connectivity index (χ2n) is 7.54. The number of carbonyl (C=O) groups is 1. The van der Waals surface area contributed by atoms with E-state index in [4.69, 9.17) is 16.6 Å². The molecule has 0 spiro atoms. The molecule has 1 aromatic rings. The van der Waals surface area contributed by atoms with Gasteiger partial charge in [-0.15, -0.1) is 5.10 Å². The Hall–Kier alpha value is -1.26. The van der Waals surface area contributed by atoms with Gasteiger partial charge in [0, 0.05) is 25.6 Å². The van der Waals surface area contributed by atoms with Crippen LogP contribution in [0.1, 0.15) is 39.0 Å². The Morgan fingerprint density at radius 3 is 2.77 bits per heavy atom. The van der Waals surface area contributed by atoms with Crippen molar-refractivity contribution in [2.75, 3.05) is 24.6 Å². The fourth-order valence-corrected chi connectivity index (χ4v) is 5.52. The number of nitrogens with zero attached hydrogens (tertiary/aromatic N) is 4. The van der Waals surface area contributed by atoms with E-state index in [-0.39, 0.29) is 28.3 Å². The highest BCUT2D eigenvalue weighted by atomic mass is 32.2. The lowest BCUT2D eigenvalue weighted by molar-refractivity contribution is -0.128. The number of hydrogen-bond donors (Lipinski definition) is 0. The van der Waals surface area contributed by atoms with Crippen molar-refractivity contribution in [3.8, 4) is 0 Å². The van der Waals surface area contributed by atoms with Gasteiger partial charge in [-0.05, 0) is 31.0 Å². The van der Waals surface area contributed by atoms with Gasteiger partial charge in [-0.3, -0.25) is 9.69 Å². The third-order valence-electron chi connectivity index (χ3n) is 4.79. The molecule has 2 saturated heterocycles. The number of aromatic nitrogens is 2. The maximum atomic E-state index is 11.9. The van der Waals surface area contributed by atoms with Crippen LogP contribution in [0.3, 0.4) is 0 Å². The molecule has 0 bridgehead atoms. The zero-order valence-electron chi connectivity index (χ0n) is 15.3. The van der Waals surface area contributed by atoms with E-state index in [9.17, 15) is 13.2 Å². The molecule has 0 saturated carbocycles. The lowest BCUT2D eigenvalue weighted by Crippen LogP contribution is -2.40. The zero-order valence-corrected chi connectivity index (χ0v) is 16.9. The van der Waals surface area contributed by atoms with Crippen LogP contribution in [0.25, 0.3) is 0 Å². The highest BCUT2D eigenvalue weighted by molar-refractivity contribution is 7.91. The minimum absolute atomic E-state index is 0.0235. The molecule has 146 valence electrons. The van der Waals surface area contributed by atoms with Crippen LogP contribution < -0.4 is 0 Å². The van der Waals surface area contributed by atoms with Crippen LogP contribution in [-0.4, -0.2) is 64.5 Å². The van der Waals surface area contributed by atoms with Gasteiger partial charge in [0.2, 0.25) is 11.8 Å². The summed E-state index contributed by atoms with van der Waals surface area (Å²) in [6.45, 7) is 6.40. The van der Waals surface area contributed by atoms with E-state index in [2.05, 4.69) is 23.8 Å². The fraction of sp³-hybridized carbons (Fsp3) is 0.812. The van der Waals surface area contributed by atoms with E-state index in [1.807, 2.05) is 0 Å². The van der Waals surface area contributed by atoms with Crippen molar-refractivity contribution in [1.29, 1.82) is 0 Å². The first-order valence-corrected chi connectivity index (χ1v) is 11.3. The number of amides is 1. The molecule has 0 aromatic carbocycles.